The number of aryl methyl sites for hydroxylation is 1. The maximum absolute atomic E-state index is 13.1. The second-order valence-electron chi connectivity index (χ2n) is 8.88. The van der Waals surface area contributed by atoms with Gasteiger partial charge in [-0.15, -0.1) is 0 Å². The van der Waals surface area contributed by atoms with Gasteiger partial charge in [0.25, 0.3) is 5.91 Å². The lowest BCUT2D eigenvalue weighted by atomic mass is 10.0. The SMILES string of the molecule is Cc1ccc(N2C[C@@H](C(=O)OCC(=O)N3N=C(c4ccc(Cl)cc4)C[C@@H]3c3ccco3)CC2=O)cc1. The van der Waals surface area contributed by atoms with Gasteiger partial charge in [-0.3, -0.25) is 14.4 Å². The van der Waals surface area contributed by atoms with Crippen molar-refractivity contribution in [3.05, 3.63) is 88.8 Å². The number of esters is 1. The van der Waals surface area contributed by atoms with Crippen molar-refractivity contribution < 1.29 is 23.5 Å². The van der Waals surface area contributed by atoms with Crippen molar-refractivity contribution in [3.63, 3.8) is 0 Å². The van der Waals surface area contributed by atoms with E-state index in [9.17, 15) is 14.4 Å². The summed E-state index contributed by atoms with van der Waals surface area (Å²) < 4.78 is 10.9. The summed E-state index contributed by atoms with van der Waals surface area (Å²) in [6.07, 6.45) is 2.02. The standard InChI is InChI=1S/C27H24ClN3O5/c1-17-4-10-21(11-5-17)30-15-19(13-25(30)32)27(34)36-16-26(33)31-23(24-3-2-12-35-24)14-22(29-31)18-6-8-20(28)9-7-18/h2-12,19,23H,13-16H2,1H3/t19-,23+/m0/s1. The highest BCUT2D eigenvalue weighted by Crippen LogP contribution is 2.33. The lowest BCUT2D eigenvalue weighted by molar-refractivity contribution is -0.156. The third kappa shape index (κ3) is 4.90. The van der Waals surface area contributed by atoms with Crippen molar-refractivity contribution >= 4 is 40.8 Å². The van der Waals surface area contributed by atoms with Crippen LogP contribution in [0.15, 0.2) is 76.4 Å². The summed E-state index contributed by atoms with van der Waals surface area (Å²) in [5.74, 6) is -1.27. The number of furan rings is 1. The molecule has 3 heterocycles. The van der Waals surface area contributed by atoms with Gasteiger partial charge in [-0.1, -0.05) is 41.4 Å². The van der Waals surface area contributed by atoms with Gasteiger partial charge in [-0.05, 0) is 48.9 Å². The molecule has 0 radical (unpaired) electrons. The van der Waals surface area contributed by atoms with Crippen LogP contribution < -0.4 is 4.90 Å². The average molecular weight is 506 g/mol. The first-order chi connectivity index (χ1) is 17.4. The molecule has 1 aromatic heterocycles. The van der Waals surface area contributed by atoms with E-state index in [1.807, 2.05) is 43.3 Å². The number of rotatable bonds is 6. The molecule has 1 saturated heterocycles. The van der Waals surface area contributed by atoms with Crippen LogP contribution in [-0.4, -0.2) is 41.7 Å². The number of benzene rings is 2. The zero-order valence-electron chi connectivity index (χ0n) is 19.6. The van der Waals surface area contributed by atoms with Crippen LogP contribution in [0.2, 0.25) is 5.02 Å². The Hall–Kier alpha value is -3.91. The van der Waals surface area contributed by atoms with E-state index < -0.39 is 30.4 Å². The molecule has 2 atom stereocenters. The summed E-state index contributed by atoms with van der Waals surface area (Å²) in [4.78, 5) is 39.9. The molecule has 0 spiro atoms. The van der Waals surface area contributed by atoms with Gasteiger partial charge in [0.15, 0.2) is 6.61 Å². The molecule has 184 valence electrons. The zero-order chi connectivity index (χ0) is 25.2. The molecule has 2 aromatic carbocycles. The number of halogens is 1. The summed E-state index contributed by atoms with van der Waals surface area (Å²) >= 11 is 6.00. The molecule has 0 bridgehead atoms. The quantitative estimate of drug-likeness (QED) is 0.459. The van der Waals surface area contributed by atoms with Gasteiger partial charge >= 0.3 is 5.97 Å². The Morgan fingerprint density at radius 2 is 1.83 bits per heavy atom. The molecule has 3 aromatic rings. The molecule has 2 amide bonds. The van der Waals surface area contributed by atoms with E-state index in [0.29, 0.717) is 22.9 Å². The Kier molecular flexibility index (Phi) is 6.61. The van der Waals surface area contributed by atoms with Crippen LogP contribution in [0.25, 0.3) is 0 Å². The normalized spacial score (nSPS) is 19.5. The molecule has 9 heteroatoms. The number of anilines is 1. The van der Waals surface area contributed by atoms with Gasteiger partial charge in [0, 0.05) is 30.1 Å². The van der Waals surface area contributed by atoms with Crippen LogP contribution in [0, 0.1) is 12.8 Å². The predicted molar refractivity (Wildman–Crippen MR) is 133 cm³/mol. The molecule has 2 aliphatic rings. The molecule has 36 heavy (non-hydrogen) atoms. The van der Waals surface area contributed by atoms with E-state index in [-0.39, 0.29) is 18.9 Å². The number of hydrogen-bond acceptors (Lipinski definition) is 6. The van der Waals surface area contributed by atoms with Gasteiger partial charge < -0.3 is 14.1 Å². The molecule has 0 N–H and O–H groups in total. The number of nitrogens with zero attached hydrogens (tertiary/aromatic N) is 3. The highest BCUT2D eigenvalue weighted by molar-refractivity contribution is 6.30. The lowest BCUT2D eigenvalue weighted by Crippen LogP contribution is -2.33. The summed E-state index contributed by atoms with van der Waals surface area (Å²) in [6, 6.07) is 17.8. The Bertz CT molecular complexity index is 1300. The molecular formula is C27H24ClN3O5. The maximum atomic E-state index is 13.1. The minimum absolute atomic E-state index is 0.0402. The fourth-order valence-corrected chi connectivity index (χ4v) is 4.54. The minimum atomic E-state index is -0.640. The van der Waals surface area contributed by atoms with Crippen LogP contribution in [0.1, 0.15) is 35.8 Å². The second kappa shape index (κ2) is 9.99. The van der Waals surface area contributed by atoms with Crippen LogP contribution in [0.5, 0.6) is 0 Å². The monoisotopic (exact) mass is 505 g/mol. The first-order valence-corrected chi connectivity index (χ1v) is 12.0. The number of carbonyl (C=O) groups is 3. The number of amides is 2. The minimum Gasteiger partial charge on any atom is -0.467 e. The van der Waals surface area contributed by atoms with Gasteiger partial charge in [0.1, 0.15) is 11.8 Å². The first kappa shape index (κ1) is 23.8. The number of hydrazone groups is 1. The number of hydrogen-bond donors (Lipinski definition) is 0. The molecule has 8 nitrogen and oxygen atoms in total. The highest BCUT2D eigenvalue weighted by Gasteiger charge is 2.38. The van der Waals surface area contributed by atoms with Crippen molar-refractivity contribution in [2.24, 2.45) is 11.0 Å². The molecular weight excluding hydrogens is 482 g/mol. The summed E-state index contributed by atoms with van der Waals surface area (Å²) in [7, 11) is 0. The van der Waals surface area contributed by atoms with Crippen LogP contribution >= 0.6 is 11.6 Å². The van der Waals surface area contributed by atoms with E-state index in [1.54, 1.807) is 29.2 Å². The predicted octanol–water partition coefficient (Wildman–Crippen LogP) is 4.52. The summed E-state index contributed by atoms with van der Waals surface area (Å²) in [5, 5.41) is 6.42. The van der Waals surface area contributed by atoms with E-state index in [4.69, 9.17) is 20.8 Å². The fraction of sp³-hybridized carbons (Fsp3) is 0.259. The van der Waals surface area contributed by atoms with Gasteiger partial charge in [-0.25, -0.2) is 5.01 Å². The highest BCUT2D eigenvalue weighted by atomic mass is 35.5. The largest absolute Gasteiger partial charge is 0.467 e. The molecule has 0 saturated carbocycles. The Morgan fingerprint density at radius 3 is 2.53 bits per heavy atom. The van der Waals surface area contributed by atoms with E-state index >= 15 is 0 Å². The van der Waals surface area contributed by atoms with Crippen LogP contribution in [0.3, 0.4) is 0 Å². The van der Waals surface area contributed by atoms with Gasteiger partial charge in [0.2, 0.25) is 5.91 Å². The third-order valence-corrected chi connectivity index (χ3v) is 6.61. The first-order valence-electron chi connectivity index (χ1n) is 11.6. The molecule has 5 rings (SSSR count). The smallest absolute Gasteiger partial charge is 0.311 e. The van der Waals surface area contributed by atoms with Crippen LogP contribution in [0.4, 0.5) is 5.69 Å². The molecule has 2 aliphatic heterocycles. The van der Waals surface area contributed by atoms with Crippen LogP contribution in [-0.2, 0) is 19.1 Å². The molecule has 0 aliphatic carbocycles. The van der Waals surface area contributed by atoms with Gasteiger partial charge in [-0.2, -0.15) is 5.10 Å². The van der Waals surface area contributed by atoms with Crippen molar-refractivity contribution in [2.75, 3.05) is 18.1 Å². The van der Waals surface area contributed by atoms with Crippen molar-refractivity contribution in [3.8, 4) is 0 Å². The zero-order valence-corrected chi connectivity index (χ0v) is 20.4. The van der Waals surface area contributed by atoms with Crippen molar-refractivity contribution in [2.45, 2.75) is 25.8 Å². The maximum Gasteiger partial charge on any atom is 0.311 e. The fourth-order valence-electron chi connectivity index (χ4n) is 4.42. The van der Waals surface area contributed by atoms with Crippen molar-refractivity contribution in [1.82, 2.24) is 5.01 Å². The number of ether oxygens (including phenoxy) is 1. The second-order valence-corrected chi connectivity index (χ2v) is 9.31. The van der Waals surface area contributed by atoms with E-state index in [2.05, 4.69) is 5.10 Å². The lowest BCUT2D eigenvalue weighted by Gasteiger charge is -2.20. The Labute approximate surface area is 213 Å². The van der Waals surface area contributed by atoms with Crippen molar-refractivity contribution in [1.29, 1.82) is 0 Å². The molecule has 1 fully saturated rings. The Morgan fingerprint density at radius 1 is 1.08 bits per heavy atom. The Balaban J connectivity index is 1.25. The van der Waals surface area contributed by atoms with E-state index in [1.165, 1.54) is 11.3 Å². The third-order valence-electron chi connectivity index (χ3n) is 6.36. The molecule has 0 unspecified atom stereocenters. The topological polar surface area (TPSA) is 92.4 Å². The summed E-state index contributed by atoms with van der Waals surface area (Å²) in [5.41, 5.74) is 3.35. The van der Waals surface area contributed by atoms with Gasteiger partial charge in [0.05, 0.1) is 17.9 Å². The number of carbonyl (C=O) groups excluding carboxylic acids is 3. The summed E-state index contributed by atoms with van der Waals surface area (Å²) in [6.45, 7) is 1.70. The van der Waals surface area contributed by atoms with E-state index in [0.717, 1.165) is 16.8 Å². The average Bonchev–Trinajstić information content (AvgIpc) is 3.63.